The molecule has 164 valence electrons. The Hall–Kier alpha value is -2.84. The molecule has 0 aliphatic carbocycles. The van der Waals surface area contributed by atoms with Crippen LogP contribution in [0.1, 0.15) is 57.4 Å². The average Bonchev–Trinajstić information content (AvgIpc) is 3.23. The number of rotatable bonds is 9. The molecule has 30 heavy (non-hydrogen) atoms. The van der Waals surface area contributed by atoms with Gasteiger partial charge in [0, 0.05) is 18.9 Å². The van der Waals surface area contributed by atoms with Gasteiger partial charge in [-0.15, -0.1) is 0 Å². The minimum Gasteiger partial charge on any atom is -0.342 e. The largest absolute Gasteiger partial charge is 0.342 e. The molecule has 9 nitrogen and oxygen atoms in total. The summed E-state index contributed by atoms with van der Waals surface area (Å²) >= 11 is 0. The van der Waals surface area contributed by atoms with Crippen LogP contribution in [0.5, 0.6) is 0 Å². The monoisotopic (exact) mass is 417 g/mol. The Morgan fingerprint density at radius 2 is 1.93 bits per heavy atom. The zero-order valence-electron chi connectivity index (χ0n) is 18.0. The highest BCUT2D eigenvalue weighted by Crippen LogP contribution is 2.20. The first-order chi connectivity index (χ1) is 14.3. The lowest BCUT2D eigenvalue weighted by Gasteiger charge is -2.32. The number of carbonyl (C=O) groups is 4. The maximum atomic E-state index is 13.1. The molecule has 0 saturated carbocycles. The molecular weight excluding hydrogens is 386 g/mol. The molecular formula is C21H31N5O4. The number of hydrogen-bond acceptors (Lipinski definition) is 6. The van der Waals surface area contributed by atoms with E-state index < -0.39 is 29.9 Å². The fourth-order valence-electron chi connectivity index (χ4n) is 3.48. The van der Waals surface area contributed by atoms with E-state index in [1.807, 2.05) is 27.7 Å². The van der Waals surface area contributed by atoms with Gasteiger partial charge in [0.15, 0.2) is 0 Å². The van der Waals surface area contributed by atoms with E-state index >= 15 is 0 Å². The molecule has 3 unspecified atom stereocenters. The van der Waals surface area contributed by atoms with Crippen molar-refractivity contribution in [2.24, 2.45) is 11.8 Å². The minimum absolute atomic E-state index is 0.108. The van der Waals surface area contributed by atoms with E-state index in [2.05, 4.69) is 20.6 Å². The third-order valence-corrected chi connectivity index (χ3v) is 5.55. The SMILES string of the molecule is CCC(C)C(NC(=O)[C@@H](NC(=O)c1cnccn1)C(C)C)C(=O)N1CCCC1C=O. The highest BCUT2D eigenvalue weighted by molar-refractivity contribution is 5.97. The van der Waals surface area contributed by atoms with Crippen LogP contribution in [-0.4, -0.2) is 63.5 Å². The van der Waals surface area contributed by atoms with Gasteiger partial charge in [-0.25, -0.2) is 4.98 Å². The van der Waals surface area contributed by atoms with Crippen LogP contribution < -0.4 is 10.6 Å². The van der Waals surface area contributed by atoms with Crippen LogP contribution in [0.25, 0.3) is 0 Å². The lowest BCUT2D eigenvalue weighted by molar-refractivity contribution is -0.140. The number of nitrogens with zero attached hydrogens (tertiary/aromatic N) is 3. The zero-order valence-corrected chi connectivity index (χ0v) is 18.0. The smallest absolute Gasteiger partial charge is 0.272 e. The van der Waals surface area contributed by atoms with Crippen LogP contribution in [0, 0.1) is 11.8 Å². The summed E-state index contributed by atoms with van der Waals surface area (Å²) in [5.74, 6) is -1.55. The molecule has 1 aromatic rings. The number of aromatic nitrogens is 2. The first-order valence-corrected chi connectivity index (χ1v) is 10.4. The summed E-state index contributed by atoms with van der Waals surface area (Å²) in [6.07, 6.45) is 7.04. The number of hydrogen-bond donors (Lipinski definition) is 2. The molecule has 2 heterocycles. The molecule has 1 aromatic heterocycles. The molecule has 1 aliphatic heterocycles. The average molecular weight is 418 g/mol. The molecule has 0 radical (unpaired) electrons. The van der Waals surface area contributed by atoms with Crippen molar-refractivity contribution in [3.63, 3.8) is 0 Å². The number of nitrogens with one attached hydrogen (secondary N) is 2. The number of aldehydes is 1. The van der Waals surface area contributed by atoms with E-state index in [0.717, 1.165) is 12.7 Å². The third kappa shape index (κ3) is 5.61. The first kappa shape index (κ1) is 23.4. The van der Waals surface area contributed by atoms with Crippen LogP contribution in [0.2, 0.25) is 0 Å². The zero-order chi connectivity index (χ0) is 22.3. The summed E-state index contributed by atoms with van der Waals surface area (Å²) < 4.78 is 0. The maximum Gasteiger partial charge on any atom is 0.272 e. The van der Waals surface area contributed by atoms with Gasteiger partial charge in [0.1, 0.15) is 24.1 Å². The summed E-state index contributed by atoms with van der Waals surface area (Å²) in [5, 5.41) is 5.52. The summed E-state index contributed by atoms with van der Waals surface area (Å²) in [4.78, 5) is 59.3. The summed E-state index contributed by atoms with van der Waals surface area (Å²) in [5.41, 5.74) is 0.108. The Morgan fingerprint density at radius 1 is 1.20 bits per heavy atom. The molecule has 0 aromatic carbocycles. The predicted molar refractivity (Wildman–Crippen MR) is 110 cm³/mol. The van der Waals surface area contributed by atoms with Crippen LogP contribution in [-0.2, 0) is 14.4 Å². The van der Waals surface area contributed by atoms with Crippen LogP contribution in [0.4, 0.5) is 0 Å². The van der Waals surface area contributed by atoms with E-state index in [4.69, 9.17) is 0 Å². The number of amides is 3. The van der Waals surface area contributed by atoms with E-state index in [-0.39, 0.29) is 23.4 Å². The quantitative estimate of drug-likeness (QED) is 0.577. The van der Waals surface area contributed by atoms with Crippen molar-refractivity contribution in [1.29, 1.82) is 0 Å². The normalized spacial score (nSPS) is 19.1. The van der Waals surface area contributed by atoms with E-state index in [9.17, 15) is 19.2 Å². The van der Waals surface area contributed by atoms with Crippen molar-refractivity contribution in [3.8, 4) is 0 Å². The van der Waals surface area contributed by atoms with Crippen LogP contribution >= 0.6 is 0 Å². The molecule has 9 heteroatoms. The maximum absolute atomic E-state index is 13.1. The molecule has 1 fully saturated rings. The second-order valence-corrected chi connectivity index (χ2v) is 8.03. The first-order valence-electron chi connectivity index (χ1n) is 10.4. The highest BCUT2D eigenvalue weighted by Gasteiger charge is 2.37. The Balaban J connectivity index is 2.16. The predicted octanol–water partition coefficient (Wildman–Crippen LogP) is 0.952. The molecule has 2 N–H and O–H groups in total. The molecule has 1 saturated heterocycles. The van der Waals surface area contributed by atoms with Gasteiger partial charge in [-0.05, 0) is 24.7 Å². The van der Waals surface area contributed by atoms with Crippen molar-refractivity contribution in [2.45, 2.75) is 65.1 Å². The Morgan fingerprint density at radius 3 is 2.50 bits per heavy atom. The second-order valence-electron chi connectivity index (χ2n) is 8.03. The van der Waals surface area contributed by atoms with E-state index in [1.165, 1.54) is 18.6 Å². The Labute approximate surface area is 177 Å². The minimum atomic E-state index is -0.848. The van der Waals surface area contributed by atoms with Crippen LogP contribution in [0.15, 0.2) is 18.6 Å². The molecule has 0 spiro atoms. The summed E-state index contributed by atoms with van der Waals surface area (Å²) in [7, 11) is 0. The lowest BCUT2D eigenvalue weighted by atomic mass is 9.95. The van der Waals surface area contributed by atoms with Crippen molar-refractivity contribution in [2.75, 3.05) is 6.54 Å². The van der Waals surface area contributed by atoms with Crippen molar-refractivity contribution in [1.82, 2.24) is 25.5 Å². The third-order valence-electron chi connectivity index (χ3n) is 5.55. The standard InChI is InChI=1S/C21H31N5O4/c1-5-14(4)18(21(30)26-10-6-7-15(26)12-27)25-20(29)17(13(2)3)24-19(28)16-11-22-8-9-23-16/h8-9,11-15,17-18H,5-7,10H2,1-4H3,(H,24,28)(H,25,29)/t14?,15?,17-,18?/m0/s1. The Bertz CT molecular complexity index is 755. The van der Waals surface area contributed by atoms with Crippen molar-refractivity contribution < 1.29 is 19.2 Å². The van der Waals surface area contributed by atoms with Gasteiger partial charge >= 0.3 is 0 Å². The summed E-state index contributed by atoms with van der Waals surface area (Å²) in [6.45, 7) is 7.95. The number of carbonyl (C=O) groups excluding carboxylic acids is 4. The summed E-state index contributed by atoms with van der Waals surface area (Å²) in [6, 6.07) is -2.06. The van der Waals surface area contributed by atoms with Crippen molar-refractivity contribution >= 4 is 24.0 Å². The van der Waals surface area contributed by atoms with Crippen molar-refractivity contribution in [3.05, 3.63) is 24.3 Å². The van der Waals surface area contributed by atoms with E-state index in [1.54, 1.807) is 4.90 Å². The fraction of sp³-hybridized carbons (Fsp3) is 0.619. The molecule has 4 atom stereocenters. The van der Waals surface area contributed by atoms with Gasteiger partial charge in [-0.3, -0.25) is 19.4 Å². The van der Waals surface area contributed by atoms with Gasteiger partial charge < -0.3 is 20.3 Å². The van der Waals surface area contributed by atoms with Gasteiger partial charge in [-0.1, -0.05) is 34.1 Å². The highest BCUT2D eigenvalue weighted by atomic mass is 16.2. The van der Waals surface area contributed by atoms with E-state index in [0.29, 0.717) is 19.4 Å². The molecule has 2 rings (SSSR count). The van der Waals surface area contributed by atoms with Gasteiger partial charge in [0.05, 0.1) is 12.2 Å². The second kappa shape index (κ2) is 10.8. The fourth-order valence-corrected chi connectivity index (χ4v) is 3.48. The lowest BCUT2D eigenvalue weighted by Crippen LogP contribution is -2.58. The van der Waals surface area contributed by atoms with Gasteiger partial charge in [0.2, 0.25) is 11.8 Å². The van der Waals surface area contributed by atoms with Crippen LogP contribution in [0.3, 0.4) is 0 Å². The van der Waals surface area contributed by atoms with Gasteiger partial charge in [0.25, 0.3) is 5.91 Å². The molecule has 3 amide bonds. The Kier molecular flexibility index (Phi) is 8.44. The molecule has 1 aliphatic rings. The van der Waals surface area contributed by atoms with Gasteiger partial charge in [-0.2, -0.15) is 0 Å². The number of likely N-dealkylation sites (tertiary alicyclic amines) is 1. The topological polar surface area (TPSA) is 121 Å². The molecule has 0 bridgehead atoms.